The van der Waals surface area contributed by atoms with Crippen LogP contribution in [0, 0.1) is 40.6 Å². The molecular formula is C53H27F3N6. The average Bonchev–Trinajstić information content (AvgIpc) is 3.82. The van der Waals surface area contributed by atoms with Crippen molar-refractivity contribution >= 4 is 49.3 Å². The summed E-state index contributed by atoms with van der Waals surface area (Å²) in [6, 6.07) is 55.7. The molecule has 2 heterocycles. The second kappa shape index (κ2) is 14.4. The molecule has 0 radical (unpaired) electrons. The van der Waals surface area contributed by atoms with Gasteiger partial charge in [0.15, 0.2) is 5.69 Å². The van der Waals surface area contributed by atoms with Crippen LogP contribution < -0.4 is 0 Å². The summed E-state index contributed by atoms with van der Waals surface area (Å²) in [7, 11) is 0. The van der Waals surface area contributed by atoms with Crippen molar-refractivity contribution < 1.29 is 13.2 Å². The van der Waals surface area contributed by atoms with Crippen molar-refractivity contribution in [3.05, 3.63) is 197 Å². The van der Waals surface area contributed by atoms with E-state index in [0.29, 0.717) is 33.8 Å². The fourth-order valence-electron chi connectivity index (χ4n) is 8.65. The highest BCUT2D eigenvalue weighted by atomic mass is 19.4. The molecule has 6 nitrogen and oxygen atoms in total. The molecule has 0 aliphatic heterocycles. The molecule has 0 fully saturated rings. The highest BCUT2D eigenvalue weighted by Crippen LogP contribution is 2.44. The van der Waals surface area contributed by atoms with Crippen molar-refractivity contribution in [2.45, 2.75) is 6.18 Å². The van der Waals surface area contributed by atoms with E-state index in [-0.39, 0.29) is 11.1 Å². The van der Waals surface area contributed by atoms with Crippen LogP contribution in [-0.4, -0.2) is 9.13 Å². The summed E-state index contributed by atoms with van der Waals surface area (Å²) < 4.78 is 46.4. The van der Waals surface area contributed by atoms with Crippen LogP contribution in [0.25, 0.3) is 93.2 Å². The van der Waals surface area contributed by atoms with E-state index in [9.17, 15) is 29.0 Å². The Kier molecular flexibility index (Phi) is 8.70. The molecule has 0 bridgehead atoms. The quantitative estimate of drug-likeness (QED) is 0.162. The van der Waals surface area contributed by atoms with Crippen LogP contribution in [0.5, 0.6) is 0 Å². The van der Waals surface area contributed by atoms with Crippen molar-refractivity contribution in [2.75, 3.05) is 0 Å². The van der Waals surface area contributed by atoms with Crippen LogP contribution in [0.4, 0.5) is 18.9 Å². The molecule has 8 aromatic carbocycles. The van der Waals surface area contributed by atoms with E-state index in [4.69, 9.17) is 6.57 Å². The minimum Gasteiger partial charge on any atom is -0.309 e. The van der Waals surface area contributed by atoms with Gasteiger partial charge in [-0.05, 0) is 101 Å². The number of nitrogens with zero attached hydrogens (tertiary/aromatic N) is 6. The number of hydrogen-bond donors (Lipinski definition) is 0. The Morgan fingerprint density at radius 1 is 0.452 bits per heavy atom. The van der Waals surface area contributed by atoms with Gasteiger partial charge in [-0.15, -0.1) is 0 Å². The third-order valence-corrected chi connectivity index (χ3v) is 11.5. The summed E-state index contributed by atoms with van der Waals surface area (Å²) in [6.45, 7) is 7.53. The zero-order valence-corrected chi connectivity index (χ0v) is 32.4. The lowest BCUT2D eigenvalue weighted by molar-refractivity contribution is -0.137. The number of nitriles is 3. The number of para-hydroxylation sites is 2. The molecule has 0 amide bonds. The maximum Gasteiger partial charge on any atom is 0.416 e. The van der Waals surface area contributed by atoms with E-state index in [1.807, 2.05) is 130 Å². The maximum atomic E-state index is 14.1. The normalized spacial score (nSPS) is 11.4. The van der Waals surface area contributed by atoms with Crippen LogP contribution in [-0.2, 0) is 6.18 Å². The van der Waals surface area contributed by atoms with E-state index in [1.165, 1.54) is 6.07 Å². The van der Waals surface area contributed by atoms with E-state index >= 15 is 0 Å². The zero-order chi connectivity index (χ0) is 42.7. The number of fused-ring (bicyclic) bond motifs is 6. The second-order valence-corrected chi connectivity index (χ2v) is 14.9. The molecule has 9 heteroatoms. The highest BCUT2D eigenvalue weighted by molar-refractivity contribution is 6.12. The van der Waals surface area contributed by atoms with Gasteiger partial charge in [-0.1, -0.05) is 84.9 Å². The molecule has 0 atom stereocenters. The first-order valence-corrected chi connectivity index (χ1v) is 19.4. The van der Waals surface area contributed by atoms with Crippen LogP contribution in [0.3, 0.4) is 0 Å². The largest absolute Gasteiger partial charge is 0.416 e. The van der Waals surface area contributed by atoms with Gasteiger partial charge < -0.3 is 9.13 Å². The monoisotopic (exact) mass is 804 g/mol. The van der Waals surface area contributed by atoms with Crippen LogP contribution in [0.15, 0.2) is 164 Å². The Bertz CT molecular complexity index is 3690. The molecule has 10 rings (SSSR count). The van der Waals surface area contributed by atoms with Crippen molar-refractivity contribution in [2.24, 2.45) is 0 Å². The van der Waals surface area contributed by atoms with Crippen molar-refractivity contribution in [1.82, 2.24) is 9.13 Å². The first-order chi connectivity index (χ1) is 30.2. The summed E-state index contributed by atoms with van der Waals surface area (Å²) >= 11 is 0. The predicted octanol–water partition coefficient (Wildman–Crippen LogP) is 14.1. The Labute approximate surface area is 352 Å². The number of aromatic nitrogens is 2. The van der Waals surface area contributed by atoms with Crippen LogP contribution in [0.2, 0.25) is 0 Å². The van der Waals surface area contributed by atoms with Gasteiger partial charge in [-0.25, -0.2) is 4.85 Å². The summed E-state index contributed by atoms with van der Waals surface area (Å²) in [5.74, 6) is 0. The number of hydrogen-bond acceptors (Lipinski definition) is 3. The summed E-state index contributed by atoms with van der Waals surface area (Å²) in [5, 5.41) is 34.7. The lowest BCUT2D eigenvalue weighted by atomic mass is 9.94. The fourth-order valence-corrected chi connectivity index (χ4v) is 8.65. The average molecular weight is 805 g/mol. The van der Waals surface area contributed by atoms with E-state index < -0.39 is 11.7 Å². The Balaban J connectivity index is 1.28. The minimum atomic E-state index is -4.68. The minimum absolute atomic E-state index is 0.175. The van der Waals surface area contributed by atoms with Gasteiger partial charge in [-0.2, -0.15) is 29.0 Å². The van der Waals surface area contributed by atoms with E-state index in [1.54, 1.807) is 24.3 Å². The van der Waals surface area contributed by atoms with E-state index in [0.717, 1.165) is 78.0 Å². The van der Waals surface area contributed by atoms with Crippen molar-refractivity contribution in [3.63, 3.8) is 0 Å². The van der Waals surface area contributed by atoms with E-state index in [2.05, 4.69) is 23.0 Å². The SMILES string of the molecule is [C-]#[N+]c1cccc(-c2ccc3c(c2)c2ccccc2n3-c2cc(-c3ccc(C(F)(F)F)cc3C#N)c(-n3c4ccccc4c4cc(-c5cccc(C#N)c5)ccc43)cc2C#N)c1. The third kappa shape index (κ3) is 6.01. The predicted molar refractivity (Wildman–Crippen MR) is 237 cm³/mol. The molecule has 0 spiro atoms. The number of alkyl halides is 3. The molecule has 62 heavy (non-hydrogen) atoms. The first kappa shape index (κ1) is 37.4. The molecule has 2 aromatic heterocycles. The number of halogens is 3. The molecule has 0 aliphatic rings. The topological polar surface area (TPSA) is 85.6 Å². The first-order valence-electron chi connectivity index (χ1n) is 19.4. The van der Waals surface area contributed by atoms with Gasteiger partial charge in [-0.3, -0.25) is 0 Å². The number of rotatable bonds is 5. The molecule has 0 saturated heterocycles. The Morgan fingerprint density at radius 2 is 1.02 bits per heavy atom. The molecule has 290 valence electrons. The van der Waals surface area contributed by atoms with Gasteiger partial charge in [0.25, 0.3) is 0 Å². The molecule has 0 N–H and O–H groups in total. The lowest BCUT2D eigenvalue weighted by Crippen LogP contribution is -2.07. The molecular weight excluding hydrogens is 778 g/mol. The van der Waals surface area contributed by atoms with Crippen LogP contribution >= 0.6 is 0 Å². The Morgan fingerprint density at radius 3 is 1.61 bits per heavy atom. The van der Waals surface area contributed by atoms with Gasteiger partial charge in [0, 0.05) is 32.7 Å². The van der Waals surface area contributed by atoms with Gasteiger partial charge >= 0.3 is 6.18 Å². The summed E-state index contributed by atoms with van der Waals surface area (Å²) in [4.78, 5) is 3.60. The standard InChI is InChI=1S/C53H27F3N6/c1-60-40-11-7-10-34(24-40)36-17-20-49-44(26-36)42-12-2-4-14-47(42)61(49)51-28-46(41-19-18-39(53(54,55)56)23-37(41)30-58)52(27-38(51)31-59)62-48-15-5-3-13-43(48)45-25-35(16-21-50(45)62)33-9-6-8-32(22-33)29-57/h2-28H. The molecule has 0 aliphatic carbocycles. The third-order valence-electron chi connectivity index (χ3n) is 11.5. The maximum absolute atomic E-state index is 14.1. The van der Waals surface area contributed by atoms with Gasteiger partial charge in [0.1, 0.15) is 6.07 Å². The summed E-state index contributed by atoms with van der Waals surface area (Å²) in [6.07, 6.45) is -4.68. The Hall–Kier alpha value is -8.89. The van der Waals surface area contributed by atoms with Crippen molar-refractivity contribution in [3.8, 4) is 63.0 Å². The summed E-state index contributed by atoms with van der Waals surface area (Å²) in [5.41, 5.74) is 8.53. The second-order valence-electron chi connectivity index (χ2n) is 14.9. The molecule has 10 aromatic rings. The molecule has 0 unspecified atom stereocenters. The fraction of sp³-hybridized carbons (Fsp3) is 0.0189. The van der Waals surface area contributed by atoms with Crippen molar-refractivity contribution in [1.29, 1.82) is 15.8 Å². The highest BCUT2D eigenvalue weighted by Gasteiger charge is 2.32. The smallest absolute Gasteiger partial charge is 0.309 e. The van der Waals surface area contributed by atoms with Gasteiger partial charge in [0.05, 0.1) is 74.4 Å². The van der Waals surface area contributed by atoms with Gasteiger partial charge in [0.2, 0.25) is 0 Å². The number of benzene rings is 8. The lowest BCUT2D eigenvalue weighted by Gasteiger charge is -2.20. The zero-order valence-electron chi connectivity index (χ0n) is 32.4. The van der Waals surface area contributed by atoms with Crippen LogP contribution in [0.1, 0.15) is 22.3 Å². The molecule has 0 saturated carbocycles.